The standard InChI is InChI=1S/C5H10O4Si.C3H8O4Si/c6-10(7)9-4-5-2-1-3-8-5;1-6-2-3-7-8(4)5/h5-6H,1-4H2;4H,2-3H2,1H3. The average Bonchev–Trinajstić information content (AvgIpc) is 2.80. The van der Waals surface area contributed by atoms with Crippen LogP contribution in [0.3, 0.4) is 0 Å². The lowest BCUT2D eigenvalue weighted by molar-refractivity contribution is 0.0565. The summed E-state index contributed by atoms with van der Waals surface area (Å²) >= 11 is 0. The molecule has 0 aliphatic carbocycles. The summed E-state index contributed by atoms with van der Waals surface area (Å²) in [5.74, 6) is 0. The molecule has 18 heavy (non-hydrogen) atoms. The van der Waals surface area contributed by atoms with E-state index in [0.29, 0.717) is 6.61 Å². The Balaban J connectivity index is 0.000000331. The molecule has 1 saturated heterocycles. The van der Waals surface area contributed by atoms with E-state index < -0.39 is 18.3 Å². The Morgan fingerprint density at radius 2 is 1.89 bits per heavy atom. The van der Waals surface area contributed by atoms with Crippen LogP contribution in [0.15, 0.2) is 0 Å². The second kappa shape index (κ2) is 11.3. The third kappa shape index (κ3) is 11.6. The van der Waals surface area contributed by atoms with Crippen molar-refractivity contribution in [1.82, 2.24) is 0 Å². The normalized spacial score (nSPS) is 17.5. The lowest BCUT2D eigenvalue weighted by Crippen LogP contribution is -2.18. The van der Waals surface area contributed by atoms with Crippen molar-refractivity contribution in [3.05, 3.63) is 0 Å². The van der Waals surface area contributed by atoms with Gasteiger partial charge in [0.2, 0.25) is 0 Å². The van der Waals surface area contributed by atoms with Crippen LogP contribution in [0.2, 0.25) is 0 Å². The van der Waals surface area contributed by atoms with Crippen LogP contribution in [-0.2, 0) is 27.2 Å². The van der Waals surface area contributed by atoms with E-state index in [4.69, 9.17) is 14.3 Å². The van der Waals surface area contributed by atoms with Crippen molar-refractivity contribution in [1.29, 1.82) is 0 Å². The summed E-state index contributed by atoms with van der Waals surface area (Å²) in [4.78, 5) is 16.3. The van der Waals surface area contributed by atoms with E-state index in [2.05, 4.69) is 13.6 Å². The van der Waals surface area contributed by atoms with Gasteiger partial charge >= 0.3 is 18.3 Å². The first-order valence-corrected chi connectivity index (χ1v) is 7.91. The predicted octanol–water partition coefficient (Wildman–Crippen LogP) is -1.35. The van der Waals surface area contributed by atoms with Gasteiger partial charge in [0.1, 0.15) is 6.61 Å². The van der Waals surface area contributed by atoms with Crippen LogP contribution in [-0.4, -0.2) is 67.6 Å². The fourth-order valence-electron chi connectivity index (χ4n) is 1.15. The molecule has 8 nitrogen and oxygen atoms in total. The summed E-state index contributed by atoms with van der Waals surface area (Å²) in [7, 11) is -3.99. The van der Waals surface area contributed by atoms with Crippen LogP contribution in [0.5, 0.6) is 0 Å². The van der Waals surface area contributed by atoms with E-state index >= 15 is 0 Å². The quantitative estimate of drug-likeness (QED) is 0.438. The molecule has 0 radical (unpaired) electrons. The fourth-order valence-corrected chi connectivity index (χ4v) is 1.74. The van der Waals surface area contributed by atoms with E-state index in [0.717, 1.165) is 19.4 Å². The van der Waals surface area contributed by atoms with Crippen molar-refractivity contribution in [3.63, 3.8) is 0 Å². The molecule has 1 unspecified atom stereocenters. The molecule has 0 amide bonds. The van der Waals surface area contributed by atoms with Gasteiger partial charge in [-0.25, -0.2) is 0 Å². The Kier molecular flexibility index (Phi) is 10.7. The SMILES string of the molecule is COCCO[Si](=O)O.O=[Si](O)OCC1CCCO1. The third-order valence-corrected chi connectivity index (χ3v) is 2.79. The highest BCUT2D eigenvalue weighted by molar-refractivity contribution is 6.24. The lowest BCUT2D eigenvalue weighted by atomic mass is 10.2. The van der Waals surface area contributed by atoms with Gasteiger partial charge in [0.15, 0.2) is 0 Å². The van der Waals surface area contributed by atoms with Crippen LogP contribution in [0.1, 0.15) is 12.8 Å². The van der Waals surface area contributed by atoms with Gasteiger partial charge in [0, 0.05) is 13.7 Å². The van der Waals surface area contributed by atoms with E-state index in [1.165, 1.54) is 7.11 Å². The Morgan fingerprint density at radius 1 is 1.22 bits per heavy atom. The van der Waals surface area contributed by atoms with Crippen LogP contribution in [0.25, 0.3) is 0 Å². The molecule has 0 saturated carbocycles. The number of hydrogen-bond acceptors (Lipinski definition) is 6. The zero-order chi connectivity index (χ0) is 13.8. The Morgan fingerprint density at radius 3 is 2.33 bits per heavy atom. The van der Waals surface area contributed by atoms with Crippen molar-refractivity contribution in [3.8, 4) is 0 Å². The molecule has 0 aromatic heterocycles. The highest BCUT2D eigenvalue weighted by Crippen LogP contribution is 2.11. The zero-order valence-corrected chi connectivity index (χ0v) is 12.2. The fraction of sp³-hybridized carbons (Fsp3) is 1.00. The molecule has 1 aliphatic rings. The monoisotopic (exact) mass is 298 g/mol. The number of rotatable bonds is 7. The summed E-state index contributed by atoms with van der Waals surface area (Å²) in [6, 6.07) is 0. The van der Waals surface area contributed by atoms with Gasteiger partial charge in [-0.3, -0.25) is 8.92 Å². The molecule has 1 rings (SSSR count). The highest BCUT2D eigenvalue weighted by atomic mass is 28.3. The minimum absolute atomic E-state index is 0.0427. The van der Waals surface area contributed by atoms with Gasteiger partial charge in [-0.05, 0) is 12.8 Å². The summed E-state index contributed by atoms with van der Waals surface area (Å²) in [5.41, 5.74) is 0. The molecular formula is C8H18O8Si2. The molecule has 0 aromatic rings. The topological polar surface area (TPSA) is 112 Å². The first kappa shape index (κ1) is 17.2. The summed E-state index contributed by atoms with van der Waals surface area (Å²) in [6.45, 7) is 1.55. The molecule has 10 heteroatoms. The van der Waals surface area contributed by atoms with Gasteiger partial charge in [0.25, 0.3) is 0 Å². The van der Waals surface area contributed by atoms with E-state index in [1.54, 1.807) is 0 Å². The summed E-state index contributed by atoms with van der Waals surface area (Å²) in [5, 5.41) is 0. The molecule has 1 aliphatic heterocycles. The molecular weight excluding hydrogens is 280 g/mol. The predicted molar refractivity (Wildman–Crippen MR) is 60.1 cm³/mol. The molecule has 1 fully saturated rings. The number of hydrogen-bond donors (Lipinski definition) is 2. The van der Waals surface area contributed by atoms with Gasteiger partial charge in [0.05, 0.1) is 19.3 Å². The maximum absolute atomic E-state index is 10.1. The second-order valence-corrected chi connectivity index (χ2v) is 4.96. The van der Waals surface area contributed by atoms with Gasteiger partial charge in [-0.2, -0.15) is 0 Å². The molecule has 0 aromatic carbocycles. The molecule has 0 bridgehead atoms. The lowest BCUT2D eigenvalue weighted by Gasteiger charge is -2.06. The third-order valence-electron chi connectivity index (χ3n) is 1.93. The number of ether oxygens (including phenoxy) is 2. The maximum Gasteiger partial charge on any atom is 0.764 e. The first-order chi connectivity index (χ1) is 8.56. The minimum atomic E-state index is -2.75. The Labute approximate surface area is 108 Å². The number of methoxy groups -OCH3 is 1. The largest absolute Gasteiger partial charge is 0.764 e. The van der Waals surface area contributed by atoms with Crippen molar-refractivity contribution < 1.29 is 36.8 Å². The molecule has 1 heterocycles. The zero-order valence-electron chi connectivity index (χ0n) is 10.2. The van der Waals surface area contributed by atoms with Crippen LogP contribution < -0.4 is 0 Å². The van der Waals surface area contributed by atoms with E-state index in [-0.39, 0.29) is 19.3 Å². The Hall–Kier alpha value is -0.846. The molecule has 2 N–H and O–H groups in total. The van der Waals surface area contributed by atoms with Crippen molar-refractivity contribution in [2.45, 2.75) is 18.9 Å². The van der Waals surface area contributed by atoms with Gasteiger partial charge in [-0.1, -0.05) is 0 Å². The minimum Gasteiger partial charge on any atom is -0.511 e. The van der Waals surface area contributed by atoms with Gasteiger partial charge < -0.3 is 27.9 Å². The second-order valence-electron chi connectivity index (χ2n) is 3.32. The smallest absolute Gasteiger partial charge is 0.511 e. The molecule has 1 atom stereocenters. The Bertz CT molecular complexity index is 243. The van der Waals surface area contributed by atoms with Crippen LogP contribution in [0.4, 0.5) is 0 Å². The highest BCUT2D eigenvalue weighted by Gasteiger charge is 2.17. The molecule has 106 valence electrons. The van der Waals surface area contributed by atoms with E-state index in [9.17, 15) is 8.92 Å². The van der Waals surface area contributed by atoms with E-state index in [1.807, 2.05) is 0 Å². The van der Waals surface area contributed by atoms with Gasteiger partial charge in [-0.15, -0.1) is 0 Å². The molecule has 0 spiro atoms. The summed E-state index contributed by atoms with van der Waals surface area (Å²) in [6.07, 6.45) is 2.01. The first-order valence-electron chi connectivity index (χ1n) is 5.38. The van der Waals surface area contributed by atoms with Crippen LogP contribution >= 0.6 is 0 Å². The van der Waals surface area contributed by atoms with Crippen LogP contribution in [0, 0.1) is 0 Å². The van der Waals surface area contributed by atoms with Crippen molar-refractivity contribution in [2.24, 2.45) is 0 Å². The van der Waals surface area contributed by atoms with Crippen molar-refractivity contribution in [2.75, 3.05) is 33.5 Å². The maximum atomic E-state index is 10.1. The summed E-state index contributed by atoms with van der Waals surface area (Å²) < 4.78 is 38.3. The van der Waals surface area contributed by atoms with Crippen molar-refractivity contribution >= 4 is 18.3 Å². The average molecular weight is 298 g/mol.